The Bertz CT molecular complexity index is 1760. The first-order valence-corrected chi connectivity index (χ1v) is 17.1. The van der Waals surface area contributed by atoms with Gasteiger partial charge in [-0.2, -0.15) is 5.10 Å². The standard InChI is InChI=1S/C33H42N10O5/c1-20(2)43-31-25(29(34)37-19-38-31)26(39-43)27-24(28(48-40-27)22-3-4-22)30-35-17-23(18-36-30)21-5-9-42(10-6-21)32(44)45-14-13-41-11-7-33(8-12-41)46-15-16-47-33/h17-22H,3-16H2,1-2H3,(H2,34,37,38). The average molecular weight is 659 g/mol. The van der Waals surface area contributed by atoms with Crippen molar-refractivity contribution >= 4 is 22.9 Å². The van der Waals surface area contributed by atoms with Crippen LogP contribution < -0.4 is 5.73 Å². The summed E-state index contributed by atoms with van der Waals surface area (Å²) in [5.74, 6) is 1.77. The second-order valence-corrected chi connectivity index (χ2v) is 13.6. The van der Waals surface area contributed by atoms with Crippen LogP contribution in [0.2, 0.25) is 0 Å². The number of hydrogen-bond acceptors (Lipinski definition) is 13. The van der Waals surface area contributed by atoms with E-state index < -0.39 is 0 Å². The fourth-order valence-electron chi connectivity index (χ4n) is 7.16. The van der Waals surface area contributed by atoms with Crippen LogP contribution in [0.15, 0.2) is 23.2 Å². The molecular weight excluding hydrogens is 616 g/mol. The van der Waals surface area contributed by atoms with Crippen LogP contribution in [0.3, 0.4) is 0 Å². The quantitative estimate of drug-likeness (QED) is 0.287. The largest absolute Gasteiger partial charge is 0.448 e. The highest BCUT2D eigenvalue weighted by Gasteiger charge is 2.40. The van der Waals surface area contributed by atoms with Crippen molar-refractivity contribution in [3.05, 3.63) is 30.0 Å². The number of ether oxygens (including phenoxy) is 3. The molecule has 4 aromatic rings. The second-order valence-electron chi connectivity index (χ2n) is 13.6. The first-order chi connectivity index (χ1) is 23.4. The molecule has 8 rings (SSSR count). The van der Waals surface area contributed by atoms with E-state index in [9.17, 15) is 4.79 Å². The van der Waals surface area contributed by atoms with Gasteiger partial charge in [0.25, 0.3) is 0 Å². The lowest BCUT2D eigenvalue weighted by Crippen LogP contribution is -2.46. The lowest BCUT2D eigenvalue weighted by Gasteiger charge is -2.37. The van der Waals surface area contributed by atoms with E-state index in [2.05, 4.69) is 20.0 Å². The lowest BCUT2D eigenvalue weighted by molar-refractivity contribution is -0.185. The number of fused-ring (bicyclic) bond motifs is 1. The number of piperidine rings is 2. The van der Waals surface area contributed by atoms with E-state index >= 15 is 0 Å². The number of anilines is 1. The molecule has 1 amide bonds. The van der Waals surface area contributed by atoms with Crippen LogP contribution in [-0.4, -0.2) is 109 Å². The number of carbonyl (C=O) groups is 1. The highest BCUT2D eigenvalue weighted by molar-refractivity contribution is 6.00. The SMILES string of the molecule is CC(C)n1nc(-c2noc(C3CC3)c2-c2ncc(C3CCN(C(=O)OCCN4CCC5(CC4)OCCO5)CC3)cn2)c2c(N)ncnc21. The minimum atomic E-state index is -0.389. The molecule has 15 nitrogen and oxygen atoms in total. The first-order valence-electron chi connectivity index (χ1n) is 17.1. The lowest BCUT2D eigenvalue weighted by atomic mass is 9.91. The molecule has 4 fully saturated rings. The number of likely N-dealkylation sites (tertiary alicyclic amines) is 2. The molecule has 3 aliphatic heterocycles. The zero-order chi connectivity index (χ0) is 32.8. The molecule has 7 heterocycles. The van der Waals surface area contributed by atoms with E-state index in [1.165, 1.54) is 6.33 Å². The van der Waals surface area contributed by atoms with Gasteiger partial charge in [0.2, 0.25) is 0 Å². The van der Waals surface area contributed by atoms with Crippen molar-refractivity contribution in [1.29, 1.82) is 0 Å². The van der Waals surface area contributed by atoms with Crippen molar-refractivity contribution in [2.75, 3.05) is 58.3 Å². The number of rotatable bonds is 8. The van der Waals surface area contributed by atoms with Gasteiger partial charge >= 0.3 is 6.09 Å². The summed E-state index contributed by atoms with van der Waals surface area (Å²) in [5.41, 5.74) is 9.88. The molecule has 0 bridgehead atoms. The van der Waals surface area contributed by atoms with Crippen LogP contribution in [0.5, 0.6) is 0 Å². The highest BCUT2D eigenvalue weighted by Crippen LogP contribution is 2.48. The molecule has 2 N–H and O–H groups in total. The molecule has 0 unspecified atom stereocenters. The van der Waals surface area contributed by atoms with E-state index in [4.69, 9.17) is 39.5 Å². The van der Waals surface area contributed by atoms with E-state index in [1.54, 1.807) is 4.90 Å². The molecule has 4 aromatic heterocycles. The summed E-state index contributed by atoms with van der Waals surface area (Å²) < 4.78 is 25.0. The van der Waals surface area contributed by atoms with Gasteiger partial charge in [0.1, 0.15) is 30.1 Å². The highest BCUT2D eigenvalue weighted by atomic mass is 16.7. The van der Waals surface area contributed by atoms with Crippen molar-refractivity contribution in [2.24, 2.45) is 0 Å². The third-order valence-corrected chi connectivity index (χ3v) is 10.1. The molecule has 48 heavy (non-hydrogen) atoms. The minimum absolute atomic E-state index is 0.0493. The van der Waals surface area contributed by atoms with Crippen molar-refractivity contribution < 1.29 is 23.5 Å². The maximum absolute atomic E-state index is 12.8. The van der Waals surface area contributed by atoms with E-state index in [1.807, 2.05) is 30.9 Å². The Morgan fingerprint density at radius 1 is 0.979 bits per heavy atom. The van der Waals surface area contributed by atoms with Gasteiger partial charge in [-0.1, -0.05) is 5.16 Å². The van der Waals surface area contributed by atoms with Gasteiger partial charge in [0.15, 0.2) is 23.0 Å². The van der Waals surface area contributed by atoms with E-state index in [0.29, 0.717) is 67.0 Å². The predicted molar refractivity (Wildman–Crippen MR) is 174 cm³/mol. The summed E-state index contributed by atoms with van der Waals surface area (Å²) >= 11 is 0. The Morgan fingerprint density at radius 3 is 2.40 bits per heavy atom. The zero-order valence-corrected chi connectivity index (χ0v) is 27.5. The monoisotopic (exact) mass is 658 g/mol. The van der Waals surface area contributed by atoms with Crippen LogP contribution >= 0.6 is 0 Å². The normalized spacial score (nSPS) is 20.4. The molecule has 1 spiro atoms. The number of nitrogens with zero attached hydrogens (tertiary/aromatic N) is 9. The van der Waals surface area contributed by atoms with E-state index in [0.717, 1.165) is 75.0 Å². The number of hydrogen-bond donors (Lipinski definition) is 1. The molecule has 4 aliphatic rings. The van der Waals surface area contributed by atoms with Crippen LogP contribution in [0, 0.1) is 0 Å². The molecule has 1 aliphatic carbocycles. The maximum atomic E-state index is 12.8. The summed E-state index contributed by atoms with van der Waals surface area (Å²) in [6.07, 6.45) is 10.4. The third kappa shape index (κ3) is 5.87. The number of carbonyl (C=O) groups excluding carboxylic acids is 1. The van der Waals surface area contributed by atoms with Crippen molar-refractivity contribution in [1.82, 2.24) is 44.7 Å². The third-order valence-electron chi connectivity index (χ3n) is 10.1. The van der Waals surface area contributed by atoms with E-state index in [-0.39, 0.29) is 29.8 Å². The summed E-state index contributed by atoms with van der Waals surface area (Å²) in [7, 11) is 0. The fourth-order valence-corrected chi connectivity index (χ4v) is 7.16. The van der Waals surface area contributed by atoms with Gasteiger partial charge in [0, 0.05) is 69.9 Å². The molecule has 0 radical (unpaired) electrons. The van der Waals surface area contributed by atoms with Gasteiger partial charge in [-0.3, -0.25) is 4.90 Å². The summed E-state index contributed by atoms with van der Waals surface area (Å²) in [4.78, 5) is 35.3. The average Bonchev–Trinajstić information content (AvgIpc) is 3.49. The Hall–Kier alpha value is -4.21. The molecule has 0 aromatic carbocycles. The fraction of sp³-hybridized carbons (Fsp3) is 0.606. The molecule has 254 valence electrons. The van der Waals surface area contributed by atoms with Crippen LogP contribution in [0.1, 0.15) is 81.6 Å². The van der Waals surface area contributed by atoms with Crippen LogP contribution in [-0.2, 0) is 14.2 Å². The van der Waals surface area contributed by atoms with Crippen LogP contribution in [0.25, 0.3) is 33.8 Å². The van der Waals surface area contributed by atoms with Gasteiger partial charge in [-0.15, -0.1) is 0 Å². The number of nitrogens with two attached hydrogens (primary N) is 1. The predicted octanol–water partition coefficient (Wildman–Crippen LogP) is 4.13. The molecule has 3 saturated heterocycles. The van der Waals surface area contributed by atoms with Gasteiger partial charge < -0.3 is 29.4 Å². The first kappa shape index (κ1) is 31.1. The maximum Gasteiger partial charge on any atom is 0.409 e. The number of aromatic nitrogens is 7. The molecule has 15 heteroatoms. The number of amides is 1. The van der Waals surface area contributed by atoms with Gasteiger partial charge in [-0.25, -0.2) is 29.4 Å². The Kier molecular flexibility index (Phi) is 8.21. The van der Waals surface area contributed by atoms with Crippen LogP contribution in [0.4, 0.5) is 10.6 Å². The summed E-state index contributed by atoms with van der Waals surface area (Å²) in [6, 6.07) is 0.0493. The zero-order valence-electron chi connectivity index (χ0n) is 27.5. The Balaban J connectivity index is 0.912. The van der Waals surface area contributed by atoms with Crippen molar-refractivity contribution in [3.63, 3.8) is 0 Å². The Labute approximate surface area is 278 Å². The molecule has 1 saturated carbocycles. The van der Waals surface area contributed by atoms with Gasteiger partial charge in [-0.05, 0) is 51.0 Å². The smallest absolute Gasteiger partial charge is 0.409 e. The van der Waals surface area contributed by atoms with Gasteiger partial charge in [0.05, 0.1) is 24.2 Å². The Morgan fingerprint density at radius 2 is 1.71 bits per heavy atom. The summed E-state index contributed by atoms with van der Waals surface area (Å²) in [5, 5.41) is 9.99. The summed E-state index contributed by atoms with van der Waals surface area (Å²) in [6.45, 7) is 9.54. The second kappa shape index (κ2) is 12.7. The van der Waals surface area contributed by atoms with Crippen molar-refractivity contribution in [2.45, 2.75) is 76.0 Å². The number of nitrogen functional groups attached to an aromatic ring is 1. The molecule has 0 atom stereocenters. The van der Waals surface area contributed by atoms with Crippen molar-refractivity contribution in [3.8, 4) is 22.8 Å². The minimum Gasteiger partial charge on any atom is -0.448 e. The molecular formula is C33H42N10O5. The topological polar surface area (TPSA) is 173 Å².